The maximum atomic E-state index is 5.97. The zero-order valence-corrected chi connectivity index (χ0v) is 11.3. The Balaban J connectivity index is 1.85. The quantitative estimate of drug-likeness (QED) is 0.918. The average molecular weight is 256 g/mol. The van der Waals surface area contributed by atoms with Crippen LogP contribution in [0.4, 0.5) is 0 Å². The van der Waals surface area contributed by atoms with E-state index < -0.39 is 0 Å². The SMILES string of the molecule is Cc1ccc(-c2ccccc2CN2CC[C@H](N)C2)o1. The molecule has 1 aromatic heterocycles. The third-order valence-electron chi connectivity index (χ3n) is 3.73. The molecule has 0 bridgehead atoms. The molecule has 0 saturated carbocycles. The summed E-state index contributed by atoms with van der Waals surface area (Å²) in [5.74, 6) is 1.91. The molecule has 1 aliphatic heterocycles. The first-order valence-electron chi connectivity index (χ1n) is 6.85. The molecule has 3 heteroatoms. The van der Waals surface area contributed by atoms with Crippen LogP contribution in [0.1, 0.15) is 17.7 Å². The smallest absolute Gasteiger partial charge is 0.134 e. The zero-order chi connectivity index (χ0) is 13.2. The van der Waals surface area contributed by atoms with Crippen molar-refractivity contribution in [3.05, 3.63) is 47.7 Å². The second kappa shape index (κ2) is 5.19. The summed E-state index contributed by atoms with van der Waals surface area (Å²) in [7, 11) is 0. The van der Waals surface area contributed by atoms with Gasteiger partial charge in [0.2, 0.25) is 0 Å². The highest BCUT2D eigenvalue weighted by atomic mass is 16.3. The van der Waals surface area contributed by atoms with Crippen LogP contribution >= 0.6 is 0 Å². The molecule has 2 heterocycles. The van der Waals surface area contributed by atoms with E-state index in [4.69, 9.17) is 10.2 Å². The summed E-state index contributed by atoms with van der Waals surface area (Å²) in [5.41, 5.74) is 8.47. The monoisotopic (exact) mass is 256 g/mol. The Morgan fingerprint density at radius 3 is 2.79 bits per heavy atom. The molecule has 3 rings (SSSR count). The molecule has 0 radical (unpaired) electrons. The molecule has 0 unspecified atom stereocenters. The van der Waals surface area contributed by atoms with Gasteiger partial charge in [-0.2, -0.15) is 0 Å². The molecule has 0 aliphatic carbocycles. The number of benzene rings is 1. The van der Waals surface area contributed by atoms with Gasteiger partial charge < -0.3 is 10.2 Å². The lowest BCUT2D eigenvalue weighted by Crippen LogP contribution is -2.26. The molecule has 1 atom stereocenters. The van der Waals surface area contributed by atoms with Crippen molar-refractivity contribution in [3.8, 4) is 11.3 Å². The van der Waals surface area contributed by atoms with Crippen molar-refractivity contribution in [2.45, 2.75) is 25.9 Å². The van der Waals surface area contributed by atoms with Gasteiger partial charge in [0.1, 0.15) is 11.5 Å². The highest BCUT2D eigenvalue weighted by Gasteiger charge is 2.20. The Morgan fingerprint density at radius 1 is 1.26 bits per heavy atom. The van der Waals surface area contributed by atoms with E-state index in [1.54, 1.807) is 0 Å². The van der Waals surface area contributed by atoms with Crippen LogP contribution in [0, 0.1) is 6.92 Å². The minimum Gasteiger partial charge on any atom is -0.461 e. The number of hydrogen-bond donors (Lipinski definition) is 1. The highest BCUT2D eigenvalue weighted by molar-refractivity contribution is 5.62. The van der Waals surface area contributed by atoms with Crippen LogP contribution in [0.2, 0.25) is 0 Å². The third-order valence-corrected chi connectivity index (χ3v) is 3.73. The lowest BCUT2D eigenvalue weighted by molar-refractivity contribution is 0.327. The van der Waals surface area contributed by atoms with Gasteiger partial charge in [0, 0.05) is 31.2 Å². The van der Waals surface area contributed by atoms with Crippen LogP contribution in [0.25, 0.3) is 11.3 Å². The number of hydrogen-bond acceptors (Lipinski definition) is 3. The van der Waals surface area contributed by atoms with E-state index in [0.717, 1.165) is 37.6 Å². The molecule has 100 valence electrons. The topological polar surface area (TPSA) is 42.4 Å². The largest absolute Gasteiger partial charge is 0.461 e. The van der Waals surface area contributed by atoms with Gasteiger partial charge in [0.25, 0.3) is 0 Å². The predicted octanol–water partition coefficient (Wildman–Crippen LogP) is 2.79. The average Bonchev–Trinajstić information content (AvgIpc) is 2.99. The van der Waals surface area contributed by atoms with Crippen molar-refractivity contribution in [3.63, 3.8) is 0 Å². The summed E-state index contributed by atoms with van der Waals surface area (Å²) in [4.78, 5) is 2.42. The van der Waals surface area contributed by atoms with E-state index in [0.29, 0.717) is 6.04 Å². The summed E-state index contributed by atoms with van der Waals surface area (Å²) in [5, 5.41) is 0. The highest BCUT2D eigenvalue weighted by Crippen LogP contribution is 2.27. The van der Waals surface area contributed by atoms with Crippen molar-refractivity contribution >= 4 is 0 Å². The molecule has 0 spiro atoms. The van der Waals surface area contributed by atoms with E-state index in [1.807, 2.05) is 19.1 Å². The van der Waals surface area contributed by atoms with E-state index in [2.05, 4.69) is 29.2 Å². The zero-order valence-electron chi connectivity index (χ0n) is 11.3. The molecule has 1 fully saturated rings. The Labute approximate surface area is 114 Å². The van der Waals surface area contributed by atoms with E-state index in [9.17, 15) is 0 Å². The van der Waals surface area contributed by atoms with Crippen molar-refractivity contribution < 1.29 is 4.42 Å². The first-order chi connectivity index (χ1) is 9.22. The maximum Gasteiger partial charge on any atom is 0.134 e. The summed E-state index contributed by atoms with van der Waals surface area (Å²) >= 11 is 0. The molecule has 2 N–H and O–H groups in total. The third kappa shape index (κ3) is 2.72. The lowest BCUT2D eigenvalue weighted by Gasteiger charge is -2.17. The minimum atomic E-state index is 0.331. The fraction of sp³-hybridized carbons (Fsp3) is 0.375. The van der Waals surface area contributed by atoms with Crippen LogP contribution in [-0.4, -0.2) is 24.0 Å². The standard InChI is InChI=1S/C16H20N2O/c1-12-6-7-16(19-12)15-5-3-2-4-13(15)10-18-9-8-14(17)11-18/h2-7,14H,8-11,17H2,1H3/t14-/m0/s1. The number of furan rings is 1. The Bertz CT molecular complexity index is 561. The maximum absolute atomic E-state index is 5.97. The van der Waals surface area contributed by atoms with Crippen LogP contribution < -0.4 is 5.73 Å². The van der Waals surface area contributed by atoms with Crippen LogP contribution in [0.5, 0.6) is 0 Å². The number of rotatable bonds is 3. The van der Waals surface area contributed by atoms with Gasteiger partial charge in [0.05, 0.1) is 0 Å². The van der Waals surface area contributed by atoms with Crippen molar-refractivity contribution in [1.29, 1.82) is 0 Å². The molecule has 0 amide bonds. The van der Waals surface area contributed by atoms with Gasteiger partial charge >= 0.3 is 0 Å². The molecular formula is C16H20N2O. The van der Waals surface area contributed by atoms with Crippen molar-refractivity contribution in [2.75, 3.05) is 13.1 Å². The first kappa shape index (κ1) is 12.5. The molecule has 1 saturated heterocycles. The van der Waals surface area contributed by atoms with Gasteiger partial charge in [-0.1, -0.05) is 24.3 Å². The fourth-order valence-corrected chi connectivity index (χ4v) is 2.72. The second-order valence-corrected chi connectivity index (χ2v) is 5.35. The molecule has 1 aromatic carbocycles. The first-order valence-corrected chi connectivity index (χ1v) is 6.85. The predicted molar refractivity (Wildman–Crippen MR) is 76.8 cm³/mol. The van der Waals surface area contributed by atoms with Gasteiger partial charge in [0.15, 0.2) is 0 Å². The summed E-state index contributed by atoms with van der Waals surface area (Å²) in [6, 6.07) is 12.8. The fourth-order valence-electron chi connectivity index (χ4n) is 2.72. The summed E-state index contributed by atoms with van der Waals surface area (Å²) in [6.45, 7) is 5.01. The van der Waals surface area contributed by atoms with Crippen LogP contribution in [-0.2, 0) is 6.54 Å². The van der Waals surface area contributed by atoms with E-state index >= 15 is 0 Å². The molecule has 19 heavy (non-hydrogen) atoms. The van der Waals surface area contributed by atoms with Gasteiger partial charge in [-0.15, -0.1) is 0 Å². The molecule has 3 nitrogen and oxygen atoms in total. The number of nitrogens with two attached hydrogens (primary N) is 1. The number of likely N-dealkylation sites (tertiary alicyclic amines) is 1. The van der Waals surface area contributed by atoms with Gasteiger partial charge in [-0.05, 0) is 31.0 Å². The van der Waals surface area contributed by atoms with Gasteiger partial charge in [-0.3, -0.25) is 4.90 Å². The molecule has 2 aromatic rings. The van der Waals surface area contributed by atoms with Crippen LogP contribution in [0.3, 0.4) is 0 Å². The minimum absolute atomic E-state index is 0.331. The molecule has 1 aliphatic rings. The van der Waals surface area contributed by atoms with E-state index in [-0.39, 0.29) is 0 Å². The number of aryl methyl sites for hydroxylation is 1. The van der Waals surface area contributed by atoms with Gasteiger partial charge in [-0.25, -0.2) is 0 Å². The molecular weight excluding hydrogens is 236 g/mol. The van der Waals surface area contributed by atoms with E-state index in [1.165, 1.54) is 11.1 Å². The summed E-state index contributed by atoms with van der Waals surface area (Å²) < 4.78 is 5.75. The Hall–Kier alpha value is -1.58. The normalized spacial score (nSPS) is 20.0. The second-order valence-electron chi connectivity index (χ2n) is 5.35. The Morgan fingerprint density at radius 2 is 2.11 bits per heavy atom. The lowest BCUT2D eigenvalue weighted by atomic mass is 10.1. The summed E-state index contributed by atoms with van der Waals surface area (Å²) in [6.07, 6.45) is 1.10. The van der Waals surface area contributed by atoms with Crippen LogP contribution in [0.15, 0.2) is 40.8 Å². The number of nitrogens with zero attached hydrogens (tertiary/aromatic N) is 1. The van der Waals surface area contributed by atoms with Crippen molar-refractivity contribution in [1.82, 2.24) is 4.90 Å². The van der Waals surface area contributed by atoms with Crippen molar-refractivity contribution in [2.24, 2.45) is 5.73 Å². The Kier molecular flexibility index (Phi) is 3.40.